The molecule has 0 amide bonds. The Kier molecular flexibility index (Phi) is 3.43. The van der Waals surface area contributed by atoms with E-state index in [2.05, 4.69) is 34.1 Å². The van der Waals surface area contributed by atoms with Gasteiger partial charge in [-0.1, -0.05) is 22.0 Å². The van der Waals surface area contributed by atoms with E-state index < -0.39 is 5.97 Å². The largest absolute Gasteiger partial charge is 0.475 e. The smallest absolute Gasteiger partial charge is 0.371 e. The van der Waals surface area contributed by atoms with E-state index in [1.165, 1.54) is 50.2 Å². The fourth-order valence-electron chi connectivity index (χ4n) is 6.11. The van der Waals surface area contributed by atoms with Gasteiger partial charge in [0.05, 0.1) is 0 Å². The molecule has 4 aliphatic carbocycles. The Labute approximate surface area is 155 Å². The van der Waals surface area contributed by atoms with Crippen molar-refractivity contribution in [1.82, 2.24) is 0 Å². The molecule has 0 unspecified atom stereocenters. The number of hydrogen-bond acceptors (Lipinski definition) is 2. The predicted octanol–water partition coefficient (Wildman–Crippen LogP) is 5.88. The number of carboxylic acids is 1. The van der Waals surface area contributed by atoms with Gasteiger partial charge in [-0.25, -0.2) is 4.79 Å². The molecule has 1 N–H and O–H groups in total. The molecule has 6 rings (SSSR count). The van der Waals surface area contributed by atoms with E-state index in [1.807, 2.05) is 0 Å². The molecule has 4 fully saturated rings. The summed E-state index contributed by atoms with van der Waals surface area (Å²) in [5, 5.41) is 9.05. The molecule has 2 aromatic rings. The summed E-state index contributed by atoms with van der Waals surface area (Å²) < 4.78 is 6.46. The molecule has 25 heavy (non-hydrogen) atoms. The number of aromatic carboxylic acids is 1. The van der Waals surface area contributed by atoms with E-state index >= 15 is 0 Å². The second kappa shape index (κ2) is 5.47. The lowest BCUT2D eigenvalue weighted by Gasteiger charge is -2.57. The third-order valence-electron chi connectivity index (χ3n) is 6.70. The van der Waals surface area contributed by atoms with Gasteiger partial charge in [0.2, 0.25) is 5.76 Å². The van der Waals surface area contributed by atoms with Gasteiger partial charge in [-0.05, 0) is 91.5 Å². The number of hydrogen-bond donors (Lipinski definition) is 1. The molecule has 1 heterocycles. The Morgan fingerprint density at radius 2 is 1.68 bits per heavy atom. The molecule has 1 aromatic carbocycles. The summed E-state index contributed by atoms with van der Waals surface area (Å²) >= 11 is 3.70. The van der Waals surface area contributed by atoms with Gasteiger partial charge in [0.25, 0.3) is 0 Å². The number of carboxylic acid groups (broad SMARTS) is 1. The van der Waals surface area contributed by atoms with Gasteiger partial charge in [0.1, 0.15) is 5.76 Å². The fourth-order valence-corrected chi connectivity index (χ4v) is 6.68. The van der Waals surface area contributed by atoms with Crippen LogP contribution in [0.1, 0.15) is 54.6 Å². The molecule has 4 aliphatic rings. The van der Waals surface area contributed by atoms with Crippen LogP contribution in [0, 0.1) is 17.8 Å². The summed E-state index contributed by atoms with van der Waals surface area (Å²) in [4.78, 5) is 11.0. The Balaban J connectivity index is 1.50. The number of furan rings is 1. The third-order valence-corrected chi connectivity index (χ3v) is 7.36. The maximum absolute atomic E-state index is 11.0. The zero-order valence-corrected chi connectivity index (χ0v) is 15.6. The topological polar surface area (TPSA) is 50.4 Å². The zero-order chi connectivity index (χ0) is 17.2. The van der Waals surface area contributed by atoms with Crippen LogP contribution in [0.2, 0.25) is 0 Å². The minimum absolute atomic E-state index is 0.0212. The van der Waals surface area contributed by atoms with E-state index in [-0.39, 0.29) is 5.76 Å². The minimum atomic E-state index is -1.03. The molecule has 0 saturated heterocycles. The molecule has 4 heteroatoms. The van der Waals surface area contributed by atoms with Crippen molar-refractivity contribution in [1.29, 1.82) is 0 Å². The molecule has 4 bridgehead atoms. The lowest BCUT2D eigenvalue weighted by Crippen LogP contribution is -2.48. The van der Waals surface area contributed by atoms with Gasteiger partial charge in [-0.3, -0.25) is 0 Å². The fraction of sp³-hybridized carbons (Fsp3) is 0.476. The Morgan fingerprint density at radius 1 is 1.04 bits per heavy atom. The van der Waals surface area contributed by atoms with Crippen molar-refractivity contribution in [3.8, 4) is 11.3 Å². The van der Waals surface area contributed by atoms with E-state index in [0.29, 0.717) is 11.2 Å². The first kappa shape index (κ1) is 15.7. The highest BCUT2D eigenvalue weighted by atomic mass is 79.9. The second-order valence-corrected chi connectivity index (χ2v) is 9.22. The third kappa shape index (κ3) is 2.49. The monoisotopic (exact) mass is 400 g/mol. The number of carbonyl (C=O) groups is 1. The van der Waals surface area contributed by atoms with Crippen LogP contribution in [0.5, 0.6) is 0 Å². The maximum Gasteiger partial charge on any atom is 0.371 e. The molecule has 3 nitrogen and oxygen atoms in total. The molecule has 130 valence electrons. The maximum atomic E-state index is 11.0. The van der Waals surface area contributed by atoms with Gasteiger partial charge in [0.15, 0.2) is 0 Å². The standard InChI is InChI=1S/C21H21BrO3/c22-17-8-15(1-2-16(17)18-3-4-19(25-18)20(23)24)21-9-12-5-13(10-21)7-14(6-12)11-21/h1-4,8,12-14H,5-7,9-11H2,(H,23,24). The van der Waals surface area contributed by atoms with Gasteiger partial charge in [0, 0.05) is 10.0 Å². The first-order valence-corrected chi connectivity index (χ1v) is 9.95. The van der Waals surface area contributed by atoms with Crippen LogP contribution >= 0.6 is 15.9 Å². The average Bonchev–Trinajstić information content (AvgIpc) is 3.03. The van der Waals surface area contributed by atoms with Gasteiger partial charge in [-0.15, -0.1) is 0 Å². The summed E-state index contributed by atoms with van der Waals surface area (Å²) in [6.45, 7) is 0. The number of rotatable bonds is 3. The summed E-state index contributed by atoms with van der Waals surface area (Å²) in [6.07, 6.45) is 8.37. The average molecular weight is 401 g/mol. The molecule has 1 aromatic heterocycles. The normalized spacial score (nSPS) is 32.9. The SMILES string of the molecule is O=C(O)c1ccc(-c2ccc(C34CC5CC(CC(C5)C3)C4)cc2Br)o1. The second-order valence-electron chi connectivity index (χ2n) is 8.36. The van der Waals surface area contributed by atoms with Crippen LogP contribution in [0.4, 0.5) is 0 Å². The van der Waals surface area contributed by atoms with Gasteiger partial charge >= 0.3 is 5.97 Å². The lowest BCUT2D eigenvalue weighted by atomic mass is 9.48. The molecular formula is C21H21BrO3. The van der Waals surface area contributed by atoms with Crippen LogP contribution < -0.4 is 0 Å². The highest BCUT2D eigenvalue weighted by Gasteiger charge is 2.51. The summed E-state index contributed by atoms with van der Waals surface area (Å²) in [5.74, 6) is 2.31. The molecule has 0 spiro atoms. The highest BCUT2D eigenvalue weighted by molar-refractivity contribution is 9.10. The van der Waals surface area contributed by atoms with Crippen LogP contribution in [0.3, 0.4) is 0 Å². The van der Waals surface area contributed by atoms with Crippen LogP contribution in [0.15, 0.2) is 39.2 Å². The predicted molar refractivity (Wildman–Crippen MR) is 98.7 cm³/mol. The number of halogens is 1. The minimum Gasteiger partial charge on any atom is -0.475 e. The summed E-state index contributed by atoms with van der Waals surface area (Å²) in [5.41, 5.74) is 2.73. The zero-order valence-electron chi connectivity index (χ0n) is 14.0. The lowest BCUT2D eigenvalue weighted by molar-refractivity contribution is -0.00520. The Bertz CT molecular complexity index is 815. The van der Waals surface area contributed by atoms with Crippen molar-refractivity contribution in [2.24, 2.45) is 17.8 Å². The van der Waals surface area contributed by atoms with Gasteiger partial charge < -0.3 is 9.52 Å². The van der Waals surface area contributed by atoms with E-state index in [9.17, 15) is 4.79 Å². The number of benzene rings is 1. The van der Waals surface area contributed by atoms with Crippen LogP contribution in [-0.2, 0) is 5.41 Å². The van der Waals surface area contributed by atoms with E-state index in [1.54, 1.807) is 6.07 Å². The first-order valence-electron chi connectivity index (χ1n) is 9.16. The van der Waals surface area contributed by atoms with Crippen molar-refractivity contribution >= 4 is 21.9 Å². The molecule has 0 atom stereocenters. The Hall–Kier alpha value is -1.55. The van der Waals surface area contributed by atoms with Crippen LogP contribution in [0.25, 0.3) is 11.3 Å². The first-order chi connectivity index (χ1) is 12.0. The van der Waals surface area contributed by atoms with Crippen LogP contribution in [-0.4, -0.2) is 11.1 Å². The molecule has 0 aliphatic heterocycles. The van der Waals surface area contributed by atoms with Crippen molar-refractivity contribution < 1.29 is 14.3 Å². The van der Waals surface area contributed by atoms with Crippen molar-refractivity contribution in [2.75, 3.05) is 0 Å². The quantitative estimate of drug-likeness (QED) is 0.699. The summed E-state index contributed by atoms with van der Waals surface area (Å²) in [7, 11) is 0. The molecular weight excluding hydrogens is 380 g/mol. The van der Waals surface area contributed by atoms with Gasteiger partial charge in [-0.2, -0.15) is 0 Å². The van der Waals surface area contributed by atoms with E-state index in [0.717, 1.165) is 27.8 Å². The molecule has 4 saturated carbocycles. The van der Waals surface area contributed by atoms with Crippen molar-refractivity contribution in [3.05, 3.63) is 46.1 Å². The molecule has 0 radical (unpaired) electrons. The van der Waals surface area contributed by atoms with Crippen molar-refractivity contribution in [2.45, 2.75) is 43.9 Å². The van der Waals surface area contributed by atoms with Crippen molar-refractivity contribution in [3.63, 3.8) is 0 Å². The summed E-state index contributed by atoms with van der Waals surface area (Å²) in [6, 6.07) is 9.83. The van der Waals surface area contributed by atoms with E-state index in [4.69, 9.17) is 9.52 Å². The highest BCUT2D eigenvalue weighted by Crippen LogP contribution is 2.61. The Morgan fingerprint density at radius 3 is 2.20 bits per heavy atom.